The van der Waals surface area contributed by atoms with Gasteiger partial charge in [-0.25, -0.2) is 4.79 Å². The van der Waals surface area contributed by atoms with Gasteiger partial charge in [-0.15, -0.1) is 0 Å². The normalized spacial score (nSPS) is 13.2. The topological polar surface area (TPSA) is 114 Å². The average molecular weight is 362 g/mol. The summed E-state index contributed by atoms with van der Waals surface area (Å²) < 4.78 is 21.1. The van der Waals surface area contributed by atoms with E-state index in [1.807, 2.05) is 13.8 Å². The van der Waals surface area contributed by atoms with E-state index in [2.05, 4.69) is 5.16 Å². The van der Waals surface area contributed by atoms with Gasteiger partial charge >= 0.3 is 5.97 Å². The average Bonchev–Trinajstić information content (AvgIpc) is 3.01. The standard InChI is InChI=1S/C17H18N2O7/c1-9(2)15-14(10(3)18-26-15)17(20)24-7-12-5-13(19(21)22)4-11-6-23-8-25-16(11)12/h4-5,9H,6-8H2,1-3H3. The lowest BCUT2D eigenvalue weighted by atomic mass is 10.1. The summed E-state index contributed by atoms with van der Waals surface area (Å²) in [6.45, 7) is 5.46. The zero-order valence-electron chi connectivity index (χ0n) is 14.6. The molecule has 0 saturated heterocycles. The number of fused-ring (bicyclic) bond motifs is 1. The number of nitro benzene ring substituents is 1. The summed E-state index contributed by atoms with van der Waals surface area (Å²) in [7, 11) is 0. The Kier molecular flexibility index (Phi) is 4.90. The lowest BCUT2D eigenvalue weighted by Gasteiger charge is -2.20. The van der Waals surface area contributed by atoms with Crippen LogP contribution in [0.4, 0.5) is 5.69 Å². The molecule has 0 fully saturated rings. The van der Waals surface area contributed by atoms with E-state index in [0.717, 1.165) is 0 Å². The molecule has 1 aromatic carbocycles. The summed E-state index contributed by atoms with van der Waals surface area (Å²) in [6.07, 6.45) is 0. The molecule has 26 heavy (non-hydrogen) atoms. The minimum atomic E-state index is -0.597. The van der Waals surface area contributed by atoms with Crippen molar-refractivity contribution in [2.24, 2.45) is 0 Å². The Hall–Kier alpha value is -2.94. The number of carbonyl (C=O) groups excluding carboxylic acids is 1. The number of rotatable bonds is 5. The number of ether oxygens (including phenoxy) is 3. The van der Waals surface area contributed by atoms with Gasteiger partial charge in [-0.3, -0.25) is 10.1 Å². The molecule has 0 aliphatic carbocycles. The van der Waals surface area contributed by atoms with Crippen LogP contribution in [-0.4, -0.2) is 22.8 Å². The van der Waals surface area contributed by atoms with Gasteiger partial charge in [-0.2, -0.15) is 0 Å². The molecule has 0 saturated carbocycles. The predicted octanol–water partition coefficient (Wildman–Crippen LogP) is 3.24. The van der Waals surface area contributed by atoms with E-state index in [1.165, 1.54) is 12.1 Å². The Labute approximate surface area is 149 Å². The van der Waals surface area contributed by atoms with E-state index in [1.54, 1.807) is 6.92 Å². The molecule has 9 heteroatoms. The Morgan fingerprint density at radius 3 is 2.88 bits per heavy atom. The Morgan fingerprint density at radius 1 is 1.42 bits per heavy atom. The minimum absolute atomic E-state index is 0.0357. The highest BCUT2D eigenvalue weighted by molar-refractivity contribution is 5.91. The van der Waals surface area contributed by atoms with Gasteiger partial charge in [0.25, 0.3) is 5.69 Å². The fourth-order valence-corrected chi connectivity index (χ4v) is 2.74. The van der Waals surface area contributed by atoms with Crippen molar-refractivity contribution in [3.8, 4) is 5.75 Å². The van der Waals surface area contributed by atoms with E-state index in [-0.39, 0.29) is 37.2 Å². The number of nitro groups is 1. The molecule has 2 heterocycles. The van der Waals surface area contributed by atoms with Crippen molar-refractivity contribution >= 4 is 11.7 Å². The maximum atomic E-state index is 12.5. The number of esters is 1. The lowest BCUT2D eigenvalue weighted by molar-refractivity contribution is -0.385. The van der Waals surface area contributed by atoms with Crippen LogP contribution >= 0.6 is 0 Å². The third kappa shape index (κ3) is 3.38. The van der Waals surface area contributed by atoms with Gasteiger partial charge in [0.05, 0.1) is 17.2 Å². The minimum Gasteiger partial charge on any atom is -0.467 e. The highest BCUT2D eigenvalue weighted by Gasteiger charge is 2.26. The Morgan fingerprint density at radius 2 is 2.19 bits per heavy atom. The van der Waals surface area contributed by atoms with E-state index in [9.17, 15) is 14.9 Å². The first-order valence-electron chi connectivity index (χ1n) is 8.02. The number of benzene rings is 1. The molecular formula is C17H18N2O7. The lowest BCUT2D eigenvalue weighted by Crippen LogP contribution is -2.15. The molecular weight excluding hydrogens is 344 g/mol. The van der Waals surface area contributed by atoms with Crippen LogP contribution in [0.2, 0.25) is 0 Å². The molecule has 0 amide bonds. The third-order valence-corrected chi connectivity index (χ3v) is 3.96. The van der Waals surface area contributed by atoms with Gasteiger partial charge < -0.3 is 18.7 Å². The van der Waals surface area contributed by atoms with Crippen LogP contribution in [0.5, 0.6) is 5.75 Å². The highest BCUT2D eigenvalue weighted by atomic mass is 16.7. The second-order valence-electron chi connectivity index (χ2n) is 6.20. The largest absolute Gasteiger partial charge is 0.467 e. The molecule has 0 unspecified atom stereocenters. The predicted molar refractivity (Wildman–Crippen MR) is 87.8 cm³/mol. The molecule has 1 aromatic heterocycles. The SMILES string of the molecule is Cc1noc(C(C)C)c1C(=O)OCc1cc([N+](=O)[O-])cc2c1OCOC2. The van der Waals surface area contributed by atoms with Crippen molar-refractivity contribution in [1.29, 1.82) is 0 Å². The van der Waals surface area contributed by atoms with Gasteiger partial charge in [-0.1, -0.05) is 19.0 Å². The van der Waals surface area contributed by atoms with Crippen molar-refractivity contribution in [1.82, 2.24) is 5.16 Å². The molecule has 138 valence electrons. The summed E-state index contributed by atoms with van der Waals surface area (Å²) in [5.74, 6) is 0.253. The summed E-state index contributed by atoms with van der Waals surface area (Å²) in [5, 5.41) is 14.9. The number of hydrogen-bond acceptors (Lipinski definition) is 8. The van der Waals surface area contributed by atoms with E-state index < -0.39 is 10.9 Å². The number of non-ortho nitro benzene ring substituents is 1. The van der Waals surface area contributed by atoms with Crippen molar-refractivity contribution < 1.29 is 28.5 Å². The Balaban J connectivity index is 1.86. The van der Waals surface area contributed by atoms with E-state index in [4.69, 9.17) is 18.7 Å². The fraction of sp³-hybridized carbons (Fsp3) is 0.412. The van der Waals surface area contributed by atoms with Crippen LogP contribution in [-0.2, 0) is 22.7 Å². The number of nitrogens with zero attached hydrogens (tertiary/aromatic N) is 2. The first kappa shape index (κ1) is 17.9. The number of carbonyl (C=O) groups is 1. The number of aromatic nitrogens is 1. The Bertz CT molecular complexity index is 857. The van der Waals surface area contributed by atoms with Crippen molar-refractivity contribution in [2.45, 2.75) is 39.9 Å². The highest BCUT2D eigenvalue weighted by Crippen LogP contribution is 2.33. The molecule has 0 spiro atoms. The van der Waals surface area contributed by atoms with Crippen LogP contribution in [0.15, 0.2) is 16.7 Å². The zero-order valence-corrected chi connectivity index (χ0v) is 14.6. The third-order valence-electron chi connectivity index (χ3n) is 3.96. The molecule has 1 aliphatic heterocycles. The first-order chi connectivity index (χ1) is 12.4. The second-order valence-corrected chi connectivity index (χ2v) is 6.20. The number of aryl methyl sites for hydroxylation is 1. The molecule has 9 nitrogen and oxygen atoms in total. The summed E-state index contributed by atoms with van der Waals surface area (Å²) in [5.41, 5.74) is 1.55. The summed E-state index contributed by atoms with van der Waals surface area (Å²) in [6, 6.07) is 2.72. The van der Waals surface area contributed by atoms with Crippen molar-refractivity contribution in [3.05, 3.63) is 50.4 Å². The van der Waals surface area contributed by atoms with Gasteiger partial charge in [-0.05, 0) is 6.92 Å². The van der Waals surface area contributed by atoms with Gasteiger partial charge in [0.1, 0.15) is 17.9 Å². The van der Waals surface area contributed by atoms with Crippen LogP contribution in [0, 0.1) is 17.0 Å². The maximum Gasteiger partial charge on any atom is 0.344 e. The molecule has 0 atom stereocenters. The van der Waals surface area contributed by atoms with Crippen LogP contribution in [0.25, 0.3) is 0 Å². The van der Waals surface area contributed by atoms with E-state index >= 15 is 0 Å². The van der Waals surface area contributed by atoms with Crippen LogP contribution < -0.4 is 4.74 Å². The van der Waals surface area contributed by atoms with Gasteiger partial charge in [0, 0.05) is 29.2 Å². The smallest absolute Gasteiger partial charge is 0.344 e. The molecule has 2 aromatic rings. The van der Waals surface area contributed by atoms with Crippen molar-refractivity contribution in [3.63, 3.8) is 0 Å². The molecule has 1 aliphatic rings. The van der Waals surface area contributed by atoms with Crippen molar-refractivity contribution in [2.75, 3.05) is 6.79 Å². The fourth-order valence-electron chi connectivity index (χ4n) is 2.74. The monoisotopic (exact) mass is 362 g/mol. The zero-order chi connectivity index (χ0) is 18.8. The van der Waals surface area contributed by atoms with Crippen LogP contribution in [0.1, 0.15) is 52.7 Å². The molecule has 0 radical (unpaired) electrons. The van der Waals surface area contributed by atoms with Crippen LogP contribution in [0.3, 0.4) is 0 Å². The maximum absolute atomic E-state index is 12.5. The van der Waals surface area contributed by atoms with Gasteiger partial charge in [0.15, 0.2) is 12.6 Å². The molecule has 3 rings (SSSR count). The van der Waals surface area contributed by atoms with E-state index in [0.29, 0.717) is 28.3 Å². The quantitative estimate of drug-likeness (QED) is 0.452. The summed E-state index contributed by atoms with van der Waals surface area (Å²) in [4.78, 5) is 23.1. The summed E-state index contributed by atoms with van der Waals surface area (Å²) >= 11 is 0. The molecule has 0 bridgehead atoms. The van der Waals surface area contributed by atoms with Gasteiger partial charge in [0.2, 0.25) is 0 Å². The number of hydrogen-bond donors (Lipinski definition) is 0. The second kappa shape index (κ2) is 7.12. The molecule has 0 N–H and O–H groups in total. The first-order valence-corrected chi connectivity index (χ1v) is 8.02.